The maximum absolute atomic E-state index is 11.8. The third kappa shape index (κ3) is 2.69. The molecule has 4 unspecified atom stereocenters. The SMILES string of the molecule is CS(=O)(=O)C1CCCC(C2(O)CC3CCC(C2)N3)C1. The van der Waals surface area contributed by atoms with E-state index in [2.05, 4.69) is 5.32 Å². The van der Waals surface area contributed by atoms with Crippen molar-refractivity contribution in [2.45, 2.75) is 74.3 Å². The summed E-state index contributed by atoms with van der Waals surface area (Å²) in [7, 11) is -2.96. The molecule has 2 bridgehead atoms. The zero-order chi connectivity index (χ0) is 13.7. The Morgan fingerprint density at radius 2 is 1.74 bits per heavy atom. The first kappa shape index (κ1) is 13.8. The standard InChI is InChI=1S/C14H25NO3S/c1-19(17,18)13-4-2-3-10(7-13)14(16)8-11-5-6-12(9-14)15-11/h10-13,15-16H,2-9H2,1H3. The highest BCUT2D eigenvalue weighted by atomic mass is 32.2. The van der Waals surface area contributed by atoms with E-state index in [0.717, 1.165) is 44.9 Å². The van der Waals surface area contributed by atoms with E-state index in [1.54, 1.807) is 0 Å². The fourth-order valence-corrected chi connectivity index (χ4v) is 5.69. The van der Waals surface area contributed by atoms with Crippen LogP contribution < -0.4 is 5.32 Å². The molecule has 3 rings (SSSR count). The van der Waals surface area contributed by atoms with E-state index in [0.29, 0.717) is 18.5 Å². The summed E-state index contributed by atoms with van der Waals surface area (Å²) in [5, 5.41) is 14.3. The lowest BCUT2D eigenvalue weighted by Gasteiger charge is -2.45. The molecule has 0 aromatic carbocycles. The summed E-state index contributed by atoms with van der Waals surface area (Å²) in [6.45, 7) is 0. The van der Waals surface area contributed by atoms with Crippen LogP contribution in [0.5, 0.6) is 0 Å². The molecule has 110 valence electrons. The molecule has 2 saturated heterocycles. The van der Waals surface area contributed by atoms with E-state index in [9.17, 15) is 13.5 Å². The Kier molecular flexibility index (Phi) is 3.43. The molecule has 4 nitrogen and oxygen atoms in total. The van der Waals surface area contributed by atoms with Crippen molar-refractivity contribution >= 4 is 9.84 Å². The third-order valence-electron chi connectivity index (χ3n) is 5.53. The molecule has 1 aliphatic carbocycles. The van der Waals surface area contributed by atoms with E-state index in [1.165, 1.54) is 6.26 Å². The molecule has 2 aliphatic heterocycles. The van der Waals surface area contributed by atoms with Gasteiger partial charge in [-0.25, -0.2) is 8.42 Å². The van der Waals surface area contributed by atoms with Gasteiger partial charge in [-0.2, -0.15) is 0 Å². The van der Waals surface area contributed by atoms with Crippen molar-refractivity contribution in [1.82, 2.24) is 5.32 Å². The fraction of sp³-hybridized carbons (Fsp3) is 1.00. The molecule has 0 spiro atoms. The number of rotatable bonds is 2. The number of hydrogen-bond donors (Lipinski definition) is 2. The van der Waals surface area contributed by atoms with Crippen molar-refractivity contribution in [3.8, 4) is 0 Å². The maximum atomic E-state index is 11.8. The van der Waals surface area contributed by atoms with Crippen LogP contribution in [0.1, 0.15) is 51.4 Å². The van der Waals surface area contributed by atoms with Crippen LogP contribution in [0.3, 0.4) is 0 Å². The van der Waals surface area contributed by atoms with Crippen LogP contribution in [0.25, 0.3) is 0 Å². The average Bonchev–Trinajstić information content (AvgIpc) is 2.68. The maximum Gasteiger partial charge on any atom is 0.150 e. The van der Waals surface area contributed by atoms with Crippen LogP contribution >= 0.6 is 0 Å². The van der Waals surface area contributed by atoms with Gasteiger partial charge in [0.15, 0.2) is 0 Å². The van der Waals surface area contributed by atoms with Gasteiger partial charge in [-0.1, -0.05) is 6.42 Å². The Morgan fingerprint density at radius 1 is 1.11 bits per heavy atom. The summed E-state index contributed by atoms with van der Waals surface area (Å²) in [5.74, 6) is 0.172. The van der Waals surface area contributed by atoms with Crippen molar-refractivity contribution in [3.63, 3.8) is 0 Å². The van der Waals surface area contributed by atoms with Crippen molar-refractivity contribution in [3.05, 3.63) is 0 Å². The second kappa shape index (κ2) is 4.71. The number of fused-ring (bicyclic) bond motifs is 2. The van der Waals surface area contributed by atoms with Gasteiger partial charge in [0.05, 0.1) is 10.9 Å². The van der Waals surface area contributed by atoms with Crippen LogP contribution in [-0.2, 0) is 9.84 Å². The summed E-state index contributed by atoms with van der Waals surface area (Å²) in [4.78, 5) is 0. The van der Waals surface area contributed by atoms with E-state index < -0.39 is 15.4 Å². The van der Waals surface area contributed by atoms with Gasteiger partial charge in [0, 0.05) is 18.3 Å². The first-order chi connectivity index (χ1) is 8.87. The highest BCUT2D eigenvalue weighted by Crippen LogP contribution is 2.44. The summed E-state index contributed by atoms with van der Waals surface area (Å²) in [6.07, 6.45) is 8.65. The van der Waals surface area contributed by atoms with Gasteiger partial charge in [0.2, 0.25) is 0 Å². The lowest BCUT2D eigenvalue weighted by molar-refractivity contribution is -0.0681. The van der Waals surface area contributed by atoms with Crippen LogP contribution in [0.2, 0.25) is 0 Å². The minimum atomic E-state index is -2.96. The molecular weight excluding hydrogens is 262 g/mol. The molecule has 3 aliphatic rings. The van der Waals surface area contributed by atoms with Crippen molar-refractivity contribution in [2.75, 3.05) is 6.26 Å². The summed E-state index contributed by atoms with van der Waals surface area (Å²) < 4.78 is 23.5. The predicted octanol–water partition coefficient (Wildman–Crippen LogP) is 1.24. The predicted molar refractivity (Wildman–Crippen MR) is 74.7 cm³/mol. The topological polar surface area (TPSA) is 66.4 Å². The number of piperidine rings is 1. The van der Waals surface area contributed by atoms with Gasteiger partial charge >= 0.3 is 0 Å². The number of aliphatic hydroxyl groups is 1. The third-order valence-corrected chi connectivity index (χ3v) is 7.17. The van der Waals surface area contributed by atoms with E-state index >= 15 is 0 Å². The second-order valence-corrected chi connectivity index (χ2v) is 9.29. The Balaban J connectivity index is 1.74. The van der Waals surface area contributed by atoms with E-state index in [4.69, 9.17) is 0 Å². The molecule has 3 fully saturated rings. The largest absolute Gasteiger partial charge is 0.389 e. The molecule has 4 atom stereocenters. The van der Waals surface area contributed by atoms with Crippen molar-refractivity contribution in [1.29, 1.82) is 0 Å². The average molecular weight is 287 g/mol. The second-order valence-electron chi connectivity index (χ2n) is 6.96. The summed E-state index contributed by atoms with van der Waals surface area (Å²) in [5.41, 5.74) is -0.625. The van der Waals surface area contributed by atoms with Crippen LogP contribution in [-0.4, -0.2) is 42.7 Å². The minimum Gasteiger partial charge on any atom is -0.389 e. The zero-order valence-corrected chi connectivity index (χ0v) is 12.5. The molecule has 0 radical (unpaired) electrons. The molecule has 0 amide bonds. The molecule has 0 aromatic heterocycles. The normalized spacial score (nSPS) is 47.3. The smallest absolute Gasteiger partial charge is 0.150 e. The fourth-order valence-electron chi connectivity index (χ4n) is 4.52. The molecule has 19 heavy (non-hydrogen) atoms. The minimum absolute atomic E-state index is 0.172. The Morgan fingerprint density at radius 3 is 2.32 bits per heavy atom. The lowest BCUT2D eigenvalue weighted by atomic mass is 9.70. The van der Waals surface area contributed by atoms with Gasteiger partial charge in [-0.15, -0.1) is 0 Å². The molecule has 2 heterocycles. The van der Waals surface area contributed by atoms with Crippen LogP contribution in [0.4, 0.5) is 0 Å². The van der Waals surface area contributed by atoms with Crippen molar-refractivity contribution in [2.24, 2.45) is 5.92 Å². The first-order valence-corrected chi connectivity index (χ1v) is 9.49. The first-order valence-electron chi connectivity index (χ1n) is 7.54. The van der Waals surface area contributed by atoms with Gasteiger partial charge in [0.1, 0.15) is 9.84 Å². The van der Waals surface area contributed by atoms with Gasteiger partial charge in [-0.05, 0) is 50.9 Å². The van der Waals surface area contributed by atoms with Crippen molar-refractivity contribution < 1.29 is 13.5 Å². The number of hydrogen-bond acceptors (Lipinski definition) is 4. The molecule has 2 N–H and O–H groups in total. The molecule has 1 saturated carbocycles. The Hall–Kier alpha value is -0.130. The Bertz CT molecular complexity index is 436. The Labute approximate surface area is 115 Å². The van der Waals surface area contributed by atoms with Gasteiger partial charge in [0.25, 0.3) is 0 Å². The summed E-state index contributed by atoms with van der Waals surface area (Å²) >= 11 is 0. The monoisotopic (exact) mass is 287 g/mol. The number of sulfone groups is 1. The summed E-state index contributed by atoms with van der Waals surface area (Å²) in [6, 6.07) is 0.893. The van der Waals surface area contributed by atoms with Crippen LogP contribution in [0.15, 0.2) is 0 Å². The highest BCUT2D eigenvalue weighted by Gasteiger charge is 2.48. The number of nitrogens with one attached hydrogen (secondary N) is 1. The van der Waals surface area contributed by atoms with E-state index in [1.807, 2.05) is 0 Å². The lowest BCUT2D eigenvalue weighted by Crippen LogP contribution is -2.53. The quantitative estimate of drug-likeness (QED) is 0.802. The molecule has 0 aromatic rings. The van der Waals surface area contributed by atoms with E-state index in [-0.39, 0.29) is 11.2 Å². The molecule has 5 heteroatoms. The van der Waals surface area contributed by atoms with Crippen LogP contribution in [0, 0.1) is 5.92 Å². The highest BCUT2D eigenvalue weighted by molar-refractivity contribution is 7.91. The van der Waals surface area contributed by atoms with Gasteiger partial charge < -0.3 is 10.4 Å². The zero-order valence-electron chi connectivity index (χ0n) is 11.6. The molecular formula is C14H25NO3S. The van der Waals surface area contributed by atoms with Gasteiger partial charge in [-0.3, -0.25) is 0 Å².